The number of alkyl carbamates (subject to hydrolysis) is 1. The first-order chi connectivity index (χ1) is 10.1. The van der Waals surface area contributed by atoms with Crippen molar-refractivity contribution in [1.82, 2.24) is 8.85 Å². The molecule has 1 aliphatic heterocycles. The van der Waals surface area contributed by atoms with Crippen molar-refractivity contribution < 1.29 is 28.5 Å². The van der Waals surface area contributed by atoms with E-state index in [1.54, 1.807) is 35.0 Å². The van der Waals surface area contributed by atoms with E-state index < -0.39 is 24.4 Å². The smallest absolute Gasteiger partial charge is 0.416 e. The maximum absolute atomic E-state index is 11.3. The zero-order chi connectivity index (χ0) is 15.2. The van der Waals surface area contributed by atoms with Gasteiger partial charge < -0.3 is 24.3 Å². The third kappa shape index (κ3) is 4.71. The fourth-order valence-electron chi connectivity index (χ4n) is 2.26. The number of carbonyl (C=O) groups excluding carboxylic acids is 2. The van der Waals surface area contributed by atoms with Gasteiger partial charge >= 0.3 is 12.2 Å². The molecule has 9 heteroatoms. The minimum atomic E-state index is -0.537. The molecule has 2 N–H and O–H groups in total. The van der Waals surface area contributed by atoms with Crippen LogP contribution in [-0.4, -0.2) is 50.4 Å². The minimum Gasteiger partial charge on any atom is -0.442 e. The van der Waals surface area contributed by atoms with Crippen LogP contribution in [0.4, 0.5) is 9.59 Å². The van der Waals surface area contributed by atoms with Crippen molar-refractivity contribution in [2.75, 3.05) is 13.8 Å². The Kier molecular flexibility index (Phi) is 6.06. The first-order valence-electron chi connectivity index (χ1n) is 6.49. The normalized spacial score (nSPS) is 33.0. The van der Waals surface area contributed by atoms with Gasteiger partial charge in [0.2, 0.25) is 0 Å². The number of nitrogens with one attached hydrogen (secondary N) is 2. The molecule has 2 rings (SSSR count). The van der Waals surface area contributed by atoms with Crippen LogP contribution in [0.2, 0.25) is 0 Å². The number of hydrogen-bond acceptors (Lipinski definition) is 6. The molecule has 1 heterocycles. The Hall–Kier alpha value is -1.07. The van der Waals surface area contributed by atoms with Crippen molar-refractivity contribution in [2.45, 2.75) is 37.3 Å². The van der Waals surface area contributed by atoms with Crippen LogP contribution in [0.15, 0.2) is 12.2 Å². The summed E-state index contributed by atoms with van der Waals surface area (Å²) in [6, 6.07) is 0. The predicted molar refractivity (Wildman–Crippen MR) is 79.7 cm³/mol. The molecule has 0 radical (unpaired) electrons. The highest BCUT2D eigenvalue weighted by Crippen LogP contribution is 2.26. The summed E-state index contributed by atoms with van der Waals surface area (Å²) in [7, 11) is 1.49. The van der Waals surface area contributed by atoms with Crippen LogP contribution in [0.3, 0.4) is 0 Å². The lowest BCUT2D eigenvalue weighted by Crippen LogP contribution is -2.36. The van der Waals surface area contributed by atoms with E-state index in [4.69, 9.17) is 18.9 Å². The topological polar surface area (TPSA) is 95.1 Å². The van der Waals surface area contributed by atoms with Gasteiger partial charge in [0, 0.05) is 19.9 Å². The Morgan fingerprint density at radius 2 is 1.62 bits per heavy atom. The van der Waals surface area contributed by atoms with Crippen LogP contribution in [0.25, 0.3) is 0 Å². The summed E-state index contributed by atoms with van der Waals surface area (Å²) in [5, 5.41) is 2.40. The zero-order valence-electron chi connectivity index (χ0n) is 11.4. The molecule has 0 aromatic heterocycles. The van der Waals surface area contributed by atoms with E-state index in [-0.39, 0.29) is 19.0 Å². The van der Waals surface area contributed by atoms with Gasteiger partial charge in [0.1, 0.15) is 19.0 Å². The number of carbonyl (C=O) groups is 2. The van der Waals surface area contributed by atoms with Gasteiger partial charge in [-0.1, -0.05) is 0 Å². The van der Waals surface area contributed by atoms with Crippen LogP contribution in [-0.2, 0) is 18.9 Å². The molecule has 0 bridgehead atoms. The molecule has 118 valence electrons. The average molecular weight is 412 g/mol. The molecule has 0 aromatic carbocycles. The molecule has 4 atom stereocenters. The predicted octanol–water partition coefficient (Wildman–Crippen LogP) is 1.25. The summed E-state index contributed by atoms with van der Waals surface area (Å²) in [6.45, 7) is 0.188. The standard InChI is InChI=1S/C12H17IN2O6/c1-14-11(16)20-7-2-3-8(21-12(17)15-13)5-10-9(4-7)18-6-19-10/h2-3,7-10H,4-6H2,1H3,(H,14,16)(H,15,17)/b3-2+. The SMILES string of the molecule is CNC(=O)OC1/C=C/C(OC(=O)NI)CC2OCOC2C1. The number of hydrogen-bond donors (Lipinski definition) is 2. The van der Waals surface area contributed by atoms with E-state index in [9.17, 15) is 9.59 Å². The van der Waals surface area contributed by atoms with Crippen molar-refractivity contribution in [3.63, 3.8) is 0 Å². The van der Waals surface area contributed by atoms with E-state index >= 15 is 0 Å². The second-order valence-electron chi connectivity index (χ2n) is 4.62. The second-order valence-corrected chi connectivity index (χ2v) is 5.16. The van der Waals surface area contributed by atoms with E-state index in [2.05, 4.69) is 8.85 Å². The van der Waals surface area contributed by atoms with Crippen LogP contribution < -0.4 is 8.85 Å². The van der Waals surface area contributed by atoms with Gasteiger partial charge in [-0.15, -0.1) is 0 Å². The maximum atomic E-state index is 11.3. The van der Waals surface area contributed by atoms with Crippen molar-refractivity contribution >= 4 is 35.1 Å². The van der Waals surface area contributed by atoms with Crippen molar-refractivity contribution in [2.24, 2.45) is 0 Å². The summed E-state index contributed by atoms with van der Waals surface area (Å²) >= 11 is 1.70. The number of ether oxygens (including phenoxy) is 4. The molecule has 0 aromatic rings. The Balaban J connectivity index is 2.07. The van der Waals surface area contributed by atoms with Crippen molar-refractivity contribution in [1.29, 1.82) is 0 Å². The summed E-state index contributed by atoms with van der Waals surface area (Å²) in [5.41, 5.74) is 0. The number of fused-ring (bicyclic) bond motifs is 1. The van der Waals surface area contributed by atoms with Crippen LogP contribution >= 0.6 is 22.9 Å². The fraction of sp³-hybridized carbons (Fsp3) is 0.667. The lowest BCUT2D eigenvalue weighted by Gasteiger charge is -2.26. The molecule has 1 saturated heterocycles. The van der Waals surface area contributed by atoms with E-state index in [0.29, 0.717) is 12.8 Å². The number of rotatable bonds is 2. The largest absolute Gasteiger partial charge is 0.442 e. The van der Waals surface area contributed by atoms with Crippen LogP contribution in [0, 0.1) is 0 Å². The summed E-state index contributed by atoms with van der Waals surface area (Å²) < 4.78 is 23.8. The molecular weight excluding hydrogens is 395 g/mol. The maximum Gasteiger partial charge on any atom is 0.416 e. The first-order valence-corrected chi connectivity index (χ1v) is 7.57. The summed E-state index contributed by atoms with van der Waals surface area (Å²) in [5.74, 6) is 0. The fourth-order valence-corrected chi connectivity index (χ4v) is 2.39. The van der Waals surface area contributed by atoms with E-state index in [0.717, 1.165) is 0 Å². The van der Waals surface area contributed by atoms with Crippen LogP contribution in [0.5, 0.6) is 0 Å². The van der Waals surface area contributed by atoms with Crippen LogP contribution in [0.1, 0.15) is 12.8 Å². The Bertz CT molecular complexity index is 383. The van der Waals surface area contributed by atoms with Gasteiger partial charge in [-0.05, 0) is 12.2 Å². The molecule has 1 fully saturated rings. The van der Waals surface area contributed by atoms with E-state index in [1.807, 2.05) is 0 Å². The summed E-state index contributed by atoms with van der Waals surface area (Å²) in [4.78, 5) is 22.7. The van der Waals surface area contributed by atoms with E-state index in [1.165, 1.54) is 7.05 Å². The van der Waals surface area contributed by atoms with Gasteiger partial charge in [0.05, 0.1) is 35.1 Å². The highest BCUT2D eigenvalue weighted by Gasteiger charge is 2.36. The lowest BCUT2D eigenvalue weighted by atomic mass is 9.97. The molecule has 8 nitrogen and oxygen atoms in total. The average Bonchev–Trinajstić information content (AvgIpc) is 2.88. The van der Waals surface area contributed by atoms with Crippen molar-refractivity contribution in [3.8, 4) is 0 Å². The minimum absolute atomic E-state index is 0.188. The van der Waals surface area contributed by atoms with Gasteiger partial charge in [-0.25, -0.2) is 9.59 Å². The lowest BCUT2D eigenvalue weighted by molar-refractivity contribution is 0.0271. The molecule has 4 unspecified atom stereocenters. The third-order valence-corrected chi connectivity index (χ3v) is 3.69. The molecule has 21 heavy (non-hydrogen) atoms. The van der Waals surface area contributed by atoms with Gasteiger partial charge in [0.15, 0.2) is 0 Å². The molecular formula is C12H17IN2O6. The highest BCUT2D eigenvalue weighted by molar-refractivity contribution is 14.1. The number of halogens is 1. The quantitative estimate of drug-likeness (QED) is 0.403. The first kappa shape index (κ1) is 16.3. The van der Waals surface area contributed by atoms with Gasteiger partial charge in [-0.2, -0.15) is 0 Å². The molecule has 1 aliphatic carbocycles. The monoisotopic (exact) mass is 412 g/mol. The molecule has 0 spiro atoms. The Morgan fingerprint density at radius 3 is 2.10 bits per heavy atom. The Labute approximate surface area is 136 Å². The second kappa shape index (κ2) is 7.80. The molecule has 2 amide bonds. The van der Waals surface area contributed by atoms with Gasteiger partial charge in [0.25, 0.3) is 0 Å². The third-order valence-electron chi connectivity index (χ3n) is 3.25. The van der Waals surface area contributed by atoms with Gasteiger partial charge in [-0.3, -0.25) is 3.53 Å². The number of amides is 2. The van der Waals surface area contributed by atoms with Crippen molar-refractivity contribution in [3.05, 3.63) is 12.2 Å². The zero-order valence-corrected chi connectivity index (χ0v) is 13.6. The Morgan fingerprint density at radius 1 is 1.10 bits per heavy atom. The molecule has 0 saturated carbocycles. The molecule has 2 aliphatic rings. The summed E-state index contributed by atoms with van der Waals surface area (Å²) in [6.07, 6.45) is 2.02. The highest BCUT2D eigenvalue weighted by atomic mass is 127.